The molecule has 0 bridgehead atoms. The number of nitrogens with one attached hydrogen (secondary N) is 2. The Bertz CT molecular complexity index is 992. The molecule has 1 unspecified atom stereocenters. The molecule has 7 nitrogen and oxygen atoms in total. The van der Waals surface area contributed by atoms with Crippen molar-refractivity contribution in [2.75, 3.05) is 14.2 Å². The smallest absolute Gasteiger partial charge is 0.253 e. The SMILES string of the molecule is COc1ccc(OC)c(C(C)NC(=O)c2cc(S(=O)(=O)NC(C)C)ccc2Cl)c1. The number of carbonyl (C=O) groups excluding carboxylic acids is 1. The summed E-state index contributed by atoms with van der Waals surface area (Å²) in [7, 11) is -0.676. The van der Waals surface area contributed by atoms with Gasteiger partial charge in [0.2, 0.25) is 10.0 Å². The quantitative estimate of drug-likeness (QED) is 0.654. The zero-order valence-corrected chi connectivity index (χ0v) is 18.5. The minimum atomic E-state index is -3.76. The minimum Gasteiger partial charge on any atom is -0.497 e. The van der Waals surface area contributed by atoms with Crippen LogP contribution in [0.1, 0.15) is 42.7 Å². The largest absolute Gasteiger partial charge is 0.497 e. The molecule has 29 heavy (non-hydrogen) atoms. The van der Waals surface area contributed by atoms with E-state index in [1.807, 2.05) is 0 Å². The van der Waals surface area contributed by atoms with Crippen LogP contribution in [0, 0.1) is 0 Å². The van der Waals surface area contributed by atoms with E-state index >= 15 is 0 Å². The first-order valence-corrected chi connectivity index (χ1v) is 10.8. The number of methoxy groups -OCH3 is 2. The lowest BCUT2D eigenvalue weighted by atomic mass is 10.1. The zero-order valence-electron chi connectivity index (χ0n) is 16.9. The molecule has 0 aromatic heterocycles. The van der Waals surface area contributed by atoms with Gasteiger partial charge in [-0.3, -0.25) is 4.79 Å². The van der Waals surface area contributed by atoms with Gasteiger partial charge in [0.05, 0.1) is 35.7 Å². The Morgan fingerprint density at radius 1 is 1.03 bits per heavy atom. The number of halogens is 1. The molecule has 0 spiro atoms. The van der Waals surface area contributed by atoms with Gasteiger partial charge in [0.1, 0.15) is 11.5 Å². The van der Waals surface area contributed by atoms with Crippen molar-refractivity contribution in [3.8, 4) is 11.5 Å². The molecule has 0 saturated carbocycles. The molecule has 0 radical (unpaired) electrons. The van der Waals surface area contributed by atoms with Crippen LogP contribution in [-0.2, 0) is 10.0 Å². The van der Waals surface area contributed by atoms with Gasteiger partial charge in [-0.1, -0.05) is 11.6 Å². The monoisotopic (exact) mass is 440 g/mol. The molecular weight excluding hydrogens is 416 g/mol. The third-order valence-corrected chi connectivity index (χ3v) is 6.12. The molecule has 0 saturated heterocycles. The van der Waals surface area contributed by atoms with E-state index in [9.17, 15) is 13.2 Å². The van der Waals surface area contributed by atoms with Crippen LogP contribution in [-0.4, -0.2) is 34.6 Å². The fraction of sp³-hybridized carbons (Fsp3) is 0.350. The molecule has 2 aromatic rings. The fourth-order valence-corrected chi connectivity index (χ4v) is 4.23. The average Bonchev–Trinajstić information content (AvgIpc) is 2.66. The lowest BCUT2D eigenvalue weighted by Crippen LogP contribution is -2.31. The molecule has 1 amide bonds. The Hall–Kier alpha value is -2.29. The van der Waals surface area contributed by atoms with E-state index in [0.717, 1.165) is 0 Å². The Morgan fingerprint density at radius 2 is 1.72 bits per heavy atom. The highest BCUT2D eigenvalue weighted by Crippen LogP contribution is 2.30. The van der Waals surface area contributed by atoms with E-state index in [0.29, 0.717) is 17.1 Å². The third kappa shape index (κ3) is 5.62. The highest BCUT2D eigenvalue weighted by Gasteiger charge is 2.22. The number of hydrogen-bond acceptors (Lipinski definition) is 5. The lowest BCUT2D eigenvalue weighted by Gasteiger charge is -2.19. The Labute approximate surface area is 176 Å². The predicted molar refractivity (Wildman–Crippen MR) is 112 cm³/mol. The second-order valence-electron chi connectivity index (χ2n) is 6.72. The standard InChI is InChI=1S/C20H25ClN2O5S/c1-12(2)23-29(25,26)15-7-8-18(21)17(11-15)20(24)22-13(3)16-10-14(27-4)6-9-19(16)28-5/h6-13,23H,1-5H3,(H,22,24). The van der Waals surface area contributed by atoms with E-state index < -0.39 is 22.0 Å². The van der Waals surface area contributed by atoms with Crippen molar-refractivity contribution in [1.29, 1.82) is 0 Å². The van der Waals surface area contributed by atoms with Crippen molar-refractivity contribution in [3.63, 3.8) is 0 Å². The highest BCUT2D eigenvalue weighted by molar-refractivity contribution is 7.89. The molecule has 0 fully saturated rings. The predicted octanol–water partition coefficient (Wildman–Crippen LogP) is 3.53. The third-order valence-electron chi connectivity index (χ3n) is 4.13. The number of benzene rings is 2. The van der Waals surface area contributed by atoms with Crippen LogP contribution in [0.3, 0.4) is 0 Å². The maximum absolute atomic E-state index is 12.8. The maximum atomic E-state index is 12.8. The number of ether oxygens (including phenoxy) is 2. The Morgan fingerprint density at radius 3 is 2.31 bits per heavy atom. The van der Waals surface area contributed by atoms with E-state index in [1.165, 1.54) is 25.3 Å². The molecule has 2 aromatic carbocycles. The van der Waals surface area contributed by atoms with Gasteiger partial charge in [0.25, 0.3) is 5.91 Å². The summed E-state index contributed by atoms with van der Waals surface area (Å²) in [6.07, 6.45) is 0. The number of rotatable bonds is 8. The summed E-state index contributed by atoms with van der Waals surface area (Å²) in [5.74, 6) is 0.698. The molecule has 0 aliphatic heterocycles. The van der Waals surface area contributed by atoms with Gasteiger partial charge in [-0.2, -0.15) is 0 Å². The highest BCUT2D eigenvalue weighted by atomic mass is 35.5. The zero-order chi connectivity index (χ0) is 21.8. The van der Waals surface area contributed by atoms with Gasteiger partial charge >= 0.3 is 0 Å². The molecule has 0 aliphatic carbocycles. The maximum Gasteiger partial charge on any atom is 0.253 e. The second kappa shape index (κ2) is 9.47. The molecule has 2 rings (SSSR count). The van der Waals surface area contributed by atoms with Crippen molar-refractivity contribution in [2.24, 2.45) is 0 Å². The normalized spacial score (nSPS) is 12.5. The Kier molecular flexibility index (Phi) is 7.51. The van der Waals surface area contributed by atoms with Crippen molar-refractivity contribution in [3.05, 3.63) is 52.5 Å². The fourth-order valence-electron chi connectivity index (χ4n) is 2.75. The number of amides is 1. The topological polar surface area (TPSA) is 93.7 Å². The second-order valence-corrected chi connectivity index (χ2v) is 8.84. The number of hydrogen-bond donors (Lipinski definition) is 2. The molecule has 0 heterocycles. The van der Waals surface area contributed by atoms with E-state index in [1.54, 1.807) is 46.1 Å². The first-order chi connectivity index (χ1) is 13.6. The van der Waals surface area contributed by atoms with Crippen LogP contribution in [0.15, 0.2) is 41.3 Å². The van der Waals surface area contributed by atoms with Crippen LogP contribution in [0.4, 0.5) is 0 Å². The molecule has 0 aliphatic rings. The van der Waals surface area contributed by atoms with E-state index in [-0.39, 0.29) is 21.5 Å². The molecule has 9 heteroatoms. The summed E-state index contributed by atoms with van der Waals surface area (Å²) in [6, 6.07) is 8.54. The summed E-state index contributed by atoms with van der Waals surface area (Å²) in [5, 5.41) is 2.97. The lowest BCUT2D eigenvalue weighted by molar-refractivity contribution is 0.0939. The molecular formula is C20H25ClN2O5S. The van der Waals surface area contributed by atoms with Gasteiger partial charge in [0.15, 0.2) is 0 Å². The van der Waals surface area contributed by atoms with Crippen LogP contribution in [0.2, 0.25) is 5.02 Å². The van der Waals surface area contributed by atoms with Crippen LogP contribution in [0.5, 0.6) is 11.5 Å². The van der Waals surface area contributed by atoms with Crippen LogP contribution >= 0.6 is 11.6 Å². The first kappa shape index (κ1) is 23.0. The molecule has 158 valence electrons. The van der Waals surface area contributed by atoms with Crippen LogP contribution in [0.25, 0.3) is 0 Å². The van der Waals surface area contributed by atoms with Crippen molar-refractivity contribution in [1.82, 2.24) is 10.0 Å². The Balaban J connectivity index is 2.33. The summed E-state index contributed by atoms with van der Waals surface area (Å²) >= 11 is 6.16. The van der Waals surface area contributed by atoms with Gasteiger partial charge in [-0.05, 0) is 57.2 Å². The molecule has 1 atom stereocenters. The van der Waals surface area contributed by atoms with Crippen molar-refractivity contribution < 1.29 is 22.7 Å². The van der Waals surface area contributed by atoms with Crippen LogP contribution < -0.4 is 19.5 Å². The summed E-state index contributed by atoms with van der Waals surface area (Å²) in [5.41, 5.74) is 0.772. The summed E-state index contributed by atoms with van der Waals surface area (Å²) in [6.45, 7) is 5.21. The summed E-state index contributed by atoms with van der Waals surface area (Å²) < 4.78 is 37.9. The molecule has 2 N–H and O–H groups in total. The summed E-state index contributed by atoms with van der Waals surface area (Å²) in [4.78, 5) is 12.8. The van der Waals surface area contributed by atoms with Gasteiger partial charge in [-0.15, -0.1) is 0 Å². The van der Waals surface area contributed by atoms with Gasteiger partial charge in [0, 0.05) is 11.6 Å². The van der Waals surface area contributed by atoms with Gasteiger partial charge in [-0.25, -0.2) is 13.1 Å². The van der Waals surface area contributed by atoms with Crippen molar-refractivity contribution >= 4 is 27.5 Å². The number of sulfonamides is 1. The van der Waals surface area contributed by atoms with E-state index in [2.05, 4.69) is 10.0 Å². The first-order valence-electron chi connectivity index (χ1n) is 8.93. The van der Waals surface area contributed by atoms with Crippen molar-refractivity contribution in [2.45, 2.75) is 37.8 Å². The number of carbonyl (C=O) groups is 1. The minimum absolute atomic E-state index is 0.0348. The van der Waals surface area contributed by atoms with E-state index in [4.69, 9.17) is 21.1 Å². The average molecular weight is 441 g/mol. The van der Waals surface area contributed by atoms with Gasteiger partial charge < -0.3 is 14.8 Å².